The summed E-state index contributed by atoms with van der Waals surface area (Å²) in [5.74, 6) is 1.06. The molecule has 0 saturated carbocycles. The van der Waals surface area contributed by atoms with Crippen molar-refractivity contribution in [1.82, 2.24) is 35.2 Å². The summed E-state index contributed by atoms with van der Waals surface area (Å²) in [6, 6.07) is 22.5. The highest BCUT2D eigenvalue weighted by molar-refractivity contribution is 6.21. The van der Waals surface area contributed by atoms with Crippen molar-refractivity contribution < 1.29 is 28.8 Å². The summed E-state index contributed by atoms with van der Waals surface area (Å²) in [7, 11) is 0. The van der Waals surface area contributed by atoms with Gasteiger partial charge in [0.2, 0.25) is 5.91 Å². The summed E-state index contributed by atoms with van der Waals surface area (Å²) < 4.78 is 7.72. The van der Waals surface area contributed by atoms with Crippen molar-refractivity contribution in [3.05, 3.63) is 90.3 Å². The van der Waals surface area contributed by atoms with Gasteiger partial charge >= 0.3 is 0 Å². The number of nitrogens with two attached hydrogens (primary N) is 1. The van der Waals surface area contributed by atoms with Crippen LogP contribution in [0.1, 0.15) is 40.0 Å². The molecule has 260 valence electrons. The molecule has 3 aromatic carbocycles. The van der Waals surface area contributed by atoms with E-state index in [0.29, 0.717) is 98.0 Å². The van der Waals surface area contributed by atoms with Crippen LogP contribution >= 0.6 is 0 Å². The number of nitrogen functional groups attached to an aromatic ring is 1. The van der Waals surface area contributed by atoms with Gasteiger partial charge in [0.15, 0.2) is 11.9 Å². The first kappa shape index (κ1) is 32.3. The van der Waals surface area contributed by atoms with Gasteiger partial charge in [-0.2, -0.15) is 5.10 Å². The van der Waals surface area contributed by atoms with Crippen molar-refractivity contribution in [2.24, 2.45) is 0 Å². The molecule has 5 heterocycles. The zero-order valence-electron chi connectivity index (χ0n) is 27.6. The van der Waals surface area contributed by atoms with Gasteiger partial charge in [-0.1, -0.05) is 23.8 Å². The highest BCUT2D eigenvalue weighted by atomic mass is 16.9. The summed E-state index contributed by atoms with van der Waals surface area (Å²) >= 11 is 0. The van der Waals surface area contributed by atoms with Crippen molar-refractivity contribution in [2.75, 3.05) is 43.4 Å². The Hall–Kier alpha value is -5.90. The van der Waals surface area contributed by atoms with Gasteiger partial charge in [-0.05, 0) is 61.0 Å². The van der Waals surface area contributed by atoms with E-state index in [1.807, 2.05) is 65.6 Å². The predicted molar refractivity (Wildman–Crippen MR) is 185 cm³/mol. The van der Waals surface area contributed by atoms with Crippen LogP contribution in [-0.4, -0.2) is 86.3 Å². The Bertz CT molecular complexity index is 2090. The molecule has 0 bridgehead atoms. The number of para-hydroxylation sites is 1. The van der Waals surface area contributed by atoms with Crippen molar-refractivity contribution >= 4 is 40.3 Å². The maximum absolute atomic E-state index is 13.3. The van der Waals surface area contributed by atoms with Gasteiger partial charge in [0.1, 0.15) is 29.3 Å². The Morgan fingerprint density at radius 2 is 1.69 bits per heavy atom. The summed E-state index contributed by atoms with van der Waals surface area (Å²) in [6.07, 6.45) is 1.97. The molecule has 1 unspecified atom stereocenters. The molecule has 0 aliphatic carbocycles. The van der Waals surface area contributed by atoms with Crippen LogP contribution in [0.3, 0.4) is 0 Å². The first-order valence-electron chi connectivity index (χ1n) is 16.8. The lowest BCUT2D eigenvalue weighted by molar-refractivity contribution is -0.259. The number of carbonyl (C=O) groups is 3. The molecule has 3 aliphatic rings. The molecular formula is C36H35N9O6. The molecule has 2 aromatic heterocycles. The van der Waals surface area contributed by atoms with Gasteiger partial charge in [0, 0.05) is 56.8 Å². The van der Waals surface area contributed by atoms with Gasteiger partial charge in [0.05, 0.1) is 23.1 Å². The summed E-state index contributed by atoms with van der Waals surface area (Å²) in [4.78, 5) is 63.4. The SMILES string of the molecule is Nc1ncnc2c1c(-c1ccc(Oc3ccccc3)cc1)nn2CCCC(=O)N1CCN(c2ccc3c(c2)C(=O)N(C2CCONO2)C3=O)CC1. The molecule has 51 heavy (non-hydrogen) atoms. The van der Waals surface area contributed by atoms with Crippen LogP contribution in [0.15, 0.2) is 79.1 Å². The minimum Gasteiger partial charge on any atom is -0.457 e. The van der Waals surface area contributed by atoms with Gasteiger partial charge in [-0.15, -0.1) is 0 Å². The number of nitrogens with zero attached hydrogens (tertiary/aromatic N) is 7. The zero-order valence-corrected chi connectivity index (χ0v) is 27.6. The second-order valence-electron chi connectivity index (χ2n) is 12.4. The third-order valence-corrected chi connectivity index (χ3v) is 9.32. The average Bonchev–Trinajstić information content (AvgIpc) is 3.67. The van der Waals surface area contributed by atoms with E-state index in [-0.39, 0.29) is 11.8 Å². The van der Waals surface area contributed by atoms with Gasteiger partial charge in [-0.25, -0.2) is 19.5 Å². The Morgan fingerprint density at radius 3 is 2.45 bits per heavy atom. The lowest BCUT2D eigenvalue weighted by Crippen LogP contribution is -2.48. The van der Waals surface area contributed by atoms with Crippen LogP contribution in [0.25, 0.3) is 22.3 Å². The fourth-order valence-corrected chi connectivity index (χ4v) is 6.68. The largest absolute Gasteiger partial charge is 0.457 e. The number of aryl methyl sites for hydroxylation is 1. The average molecular weight is 690 g/mol. The second kappa shape index (κ2) is 13.8. The predicted octanol–water partition coefficient (Wildman–Crippen LogP) is 3.78. The number of nitrogens with one attached hydrogen (secondary N) is 1. The molecule has 15 nitrogen and oxygen atoms in total. The molecule has 0 spiro atoms. The Balaban J connectivity index is 0.877. The number of amides is 3. The smallest absolute Gasteiger partial charge is 0.263 e. The quantitative estimate of drug-likeness (QED) is 0.215. The van der Waals surface area contributed by atoms with Crippen molar-refractivity contribution in [1.29, 1.82) is 0 Å². The highest BCUT2D eigenvalue weighted by Crippen LogP contribution is 2.33. The molecule has 5 aromatic rings. The fraction of sp³-hybridized carbons (Fsp3) is 0.278. The third kappa shape index (κ3) is 6.33. The number of ether oxygens (including phenoxy) is 1. The van der Waals surface area contributed by atoms with Gasteiger partial charge in [0.25, 0.3) is 11.8 Å². The third-order valence-electron chi connectivity index (χ3n) is 9.32. The van der Waals surface area contributed by atoms with Crippen LogP contribution in [0, 0.1) is 0 Å². The van der Waals surface area contributed by atoms with Crippen molar-refractivity contribution in [3.63, 3.8) is 0 Å². The number of anilines is 2. The van der Waals surface area contributed by atoms with E-state index in [9.17, 15) is 14.4 Å². The number of imide groups is 1. The summed E-state index contributed by atoms with van der Waals surface area (Å²) in [5, 5.41) is 5.51. The number of aromatic nitrogens is 4. The van der Waals surface area contributed by atoms with E-state index in [0.717, 1.165) is 21.9 Å². The number of rotatable bonds is 9. The fourth-order valence-electron chi connectivity index (χ4n) is 6.68. The topological polar surface area (TPSA) is 170 Å². The molecule has 8 rings (SSSR count). The van der Waals surface area contributed by atoms with Crippen LogP contribution in [0.5, 0.6) is 11.5 Å². The number of hydrogen-bond donors (Lipinski definition) is 2. The molecule has 0 radical (unpaired) electrons. The molecule has 1 atom stereocenters. The first-order chi connectivity index (χ1) is 24.9. The maximum Gasteiger partial charge on any atom is 0.263 e. The molecule has 2 fully saturated rings. The summed E-state index contributed by atoms with van der Waals surface area (Å²) in [6.45, 7) is 3.07. The number of piperazine rings is 1. The molecule has 2 saturated heterocycles. The van der Waals surface area contributed by atoms with Crippen LogP contribution in [0.2, 0.25) is 0 Å². The molecule has 15 heteroatoms. The van der Waals surface area contributed by atoms with Crippen molar-refractivity contribution in [3.8, 4) is 22.8 Å². The Kier molecular flexibility index (Phi) is 8.73. The summed E-state index contributed by atoms with van der Waals surface area (Å²) in [5.41, 5.74) is 12.2. The van der Waals surface area contributed by atoms with Gasteiger partial charge < -0.3 is 20.3 Å². The Morgan fingerprint density at radius 1 is 0.922 bits per heavy atom. The zero-order chi connectivity index (χ0) is 34.9. The molecule has 3 N–H and O–H groups in total. The highest BCUT2D eigenvalue weighted by Gasteiger charge is 2.42. The maximum atomic E-state index is 13.3. The van der Waals surface area contributed by atoms with Crippen LogP contribution in [-0.2, 0) is 21.0 Å². The van der Waals surface area contributed by atoms with Gasteiger partial charge in [-0.3, -0.25) is 24.1 Å². The van der Waals surface area contributed by atoms with Crippen LogP contribution in [0.4, 0.5) is 11.5 Å². The monoisotopic (exact) mass is 689 g/mol. The van der Waals surface area contributed by atoms with E-state index < -0.39 is 12.1 Å². The van der Waals surface area contributed by atoms with E-state index in [1.54, 1.807) is 16.8 Å². The Labute approximate surface area is 292 Å². The van der Waals surface area contributed by atoms with E-state index in [2.05, 4.69) is 20.5 Å². The number of hydrogen-bond acceptors (Lipinski definition) is 12. The molecule has 3 amide bonds. The standard InChI is InChI=1S/C36H35N9O6/c37-33-31-32(23-8-11-26(12-9-23)50-25-5-2-1-3-6-25)40-44(34(31)39-22-38-33)15-4-7-29(46)43-18-16-42(17-19-43)24-10-13-27-28(21-24)36(48)45(35(27)47)30-14-20-49-41-51-30/h1-3,5-6,8-13,21-22,30,41H,4,7,14-20H2,(H2,37,38,39). The molecular weight excluding hydrogens is 654 g/mol. The van der Waals surface area contributed by atoms with E-state index in [1.165, 1.54) is 6.33 Å². The van der Waals surface area contributed by atoms with E-state index in [4.69, 9.17) is 25.2 Å². The number of fused-ring (bicyclic) bond motifs is 2. The van der Waals surface area contributed by atoms with Crippen LogP contribution < -0.4 is 21.0 Å². The van der Waals surface area contributed by atoms with E-state index >= 15 is 0 Å². The minimum absolute atomic E-state index is 0.0601. The second-order valence-corrected chi connectivity index (χ2v) is 12.4. The normalized spacial score (nSPS) is 17.6. The lowest BCUT2D eigenvalue weighted by atomic mass is 10.1. The van der Waals surface area contributed by atoms with Crippen molar-refractivity contribution in [2.45, 2.75) is 32.0 Å². The molecule has 3 aliphatic heterocycles. The lowest BCUT2D eigenvalue weighted by Gasteiger charge is -2.36. The first-order valence-corrected chi connectivity index (χ1v) is 16.8. The minimum atomic E-state index is -0.733. The number of benzene rings is 3. The number of carbonyl (C=O) groups excluding carboxylic acids is 3.